The number of hydrogen-bond donors (Lipinski definition) is 0. The highest BCUT2D eigenvalue weighted by Crippen LogP contribution is 2.39. The van der Waals surface area contributed by atoms with Crippen molar-refractivity contribution in [3.8, 4) is 17.2 Å². The van der Waals surface area contributed by atoms with Crippen LogP contribution >= 0.6 is 0 Å². The van der Waals surface area contributed by atoms with Crippen LogP contribution in [0.25, 0.3) is 11.8 Å². The number of methoxy groups -OCH3 is 1. The first-order chi connectivity index (χ1) is 13.2. The molecule has 1 aromatic heterocycles. The summed E-state index contributed by atoms with van der Waals surface area (Å²) in [6, 6.07) is 14.2. The molecule has 0 radical (unpaired) electrons. The highest BCUT2D eigenvalue weighted by atomic mass is 16.5. The SMILES string of the molecule is COc1ccc(-n2nnc3c2CCC2(C=Cc4cc(C)ccc4O2)C3)cc1. The Balaban J connectivity index is 1.45. The van der Waals surface area contributed by atoms with Gasteiger partial charge in [0.25, 0.3) is 0 Å². The van der Waals surface area contributed by atoms with Gasteiger partial charge in [-0.05, 0) is 62.2 Å². The van der Waals surface area contributed by atoms with E-state index in [9.17, 15) is 0 Å². The van der Waals surface area contributed by atoms with Gasteiger partial charge in [0.2, 0.25) is 0 Å². The first-order valence-corrected chi connectivity index (χ1v) is 9.23. The fourth-order valence-corrected chi connectivity index (χ4v) is 3.97. The minimum Gasteiger partial charge on any atom is -0.497 e. The summed E-state index contributed by atoms with van der Waals surface area (Å²) in [6.45, 7) is 2.10. The first kappa shape index (κ1) is 16.1. The Bertz CT molecular complexity index is 1040. The van der Waals surface area contributed by atoms with Gasteiger partial charge in [0.15, 0.2) is 0 Å². The summed E-state index contributed by atoms with van der Waals surface area (Å²) in [5.41, 5.74) is 5.24. The minimum absolute atomic E-state index is 0.323. The number of ether oxygens (including phenoxy) is 2. The summed E-state index contributed by atoms with van der Waals surface area (Å²) in [5.74, 6) is 1.79. The molecule has 2 aromatic carbocycles. The van der Waals surface area contributed by atoms with Gasteiger partial charge in [0.05, 0.1) is 24.2 Å². The summed E-state index contributed by atoms with van der Waals surface area (Å²) in [5, 5.41) is 8.87. The van der Waals surface area contributed by atoms with Crippen LogP contribution in [0.1, 0.15) is 28.9 Å². The normalized spacial score (nSPS) is 20.1. The van der Waals surface area contributed by atoms with Crippen LogP contribution in [0.4, 0.5) is 0 Å². The van der Waals surface area contributed by atoms with Gasteiger partial charge in [-0.2, -0.15) is 0 Å². The molecule has 1 atom stereocenters. The molecule has 2 aliphatic rings. The van der Waals surface area contributed by atoms with Crippen molar-refractivity contribution in [1.29, 1.82) is 0 Å². The lowest BCUT2D eigenvalue weighted by atomic mass is 9.83. The number of benzene rings is 2. The van der Waals surface area contributed by atoms with Crippen molar-refractivity contribution < 1.29 is 9.47 Å². The van der Waals surface area contributed by atoms with Crippen LogP contribution in [0.2, 0.25) is 0 Å². The lowest BCUT2D eigenvalue weighted by Crippen LogP contribution is -2.41. The van der Waals surface area contributed by atoms with E-state index >= 15 is 0 Å². The van der Waals surface area contributed by atoms with Gasteiger partial charge in [-0.3, -0.25) is 0 Å². The molecule has 0 saturated heterocycles. The predicted molar refractivity (Wildman–Crippen MR) is 104 cm³/mol. The molecule has 5 rings (SSSR count). The summed E-state index contributed by atoms with van der Waals surface area (Å²) < 4.78 is 13.6. The van der Waals surface area contributed by atoms with Crippen molar-refractivity contribution >= 4 is 6.08 Å². The van der Waals surface area contributed by atoms with E-state index < -0.39 is 0 Å². The zero-order chi connectivity index (χ0) is 18.4. The topological polar surface area (TPSA) is 49.2 Å². The zero-order valence-electron chi connectivity index (χ0n) is 15.5. The number of rotatable bonds is 2. The third-order valence-corrected chi connectivity index (χ3v) is 5.46. The van der Waals surface area contributed by atoms with E-state index in [4.69, 9.17) is 9.47 Å². The smallest absolute Gasteiger partial charge is 0.133 e. The zero-order valence-corrected chi connectivity index (χ0v) is 15.5. The van der Waals surface area contributed by atoms with E-state index in [0.29, 0.717) is 0 Å². The summed E-state index contributed by atoms with van der Waals surface area (Å²) in [4.78, 5) is 0. The molecule has 1 spiro atoms. The molecule has 5 heteroatoms. The number of aryl methyl sites for hydroxylation is 1. The fraction of sp³-hybridized carbons (Fsp3) is 0.273. The Morgan fingerprint density at radius 3 is 2.81 bits per heavy atom. The summed E-state index contributed by atoms with van der Waals surface area (Å²) in [7, 11) is 1.67. The van der Waals surface area contributed by atoms with Gasteiger partial charge >= 0.3 is 0 Å². The molecule has 1 aliphatic carbocycles. The maximum atomic E-state index is 6.44. The van der Waals surface area contributed by atoms with Crippen molar-refractivity contribution in [1.82, 2.24) is 15.0 Å². The van der Waals surface area contributed by atoms with Crippen molar-refractivity contribution in [2.45, 2.75) is 31.8 Å². The maximum absolute atomic E-state index is 6.44. The number of fused-ring (bicyclic) bond motifs is 2. The largest absolute Gasteiger partial charge is 0.497 e. The van der Waals surface area contributed by atoms with Gasteiger partial charge in [0.1, 0.15) is 17.1 Å². The van der Waals surface area contributed by atoms with Gasteiger partial charge < -0.3 is 9.47 Å². The molecule has 3 aromatic rings. The monoisotopic (exact) mass is 359 g/mol. The second kappa shape index (κ2) is 5.98. The van der Waals surface area contributed by atoms with Crippen LogP contribution in [0.3, 0.4) is 0 Å². The van der Waals surface area contributed by atoms with Gasteiger partial charge in [-0.15, -0.1) is 5.10 Å². The quantitative estimate of drug-likeness (QED) is 0.696. The Hall–Kier alpha value is -3.08. The van der Waals surface area contributed by atoms with Crippen LogP contribution in [-0.4, -0.2) is 27.7 Å². The van der Waals surface area contributed by atoms with E-state index in [1.165, 1.54) is 5.56 Å². The van der Waals surface area contributed by atoms with Gasteiger partial charge in [0, 0.05) is 12.0 Å². The minimum atomic E-state index is -0.323. The van der Waals surface area contributed by atoms with E-state index in [1.54, 1.807) is 7.11 Å². The van der Waals surface area contributed by atoms with Crippen LogP contribution in [-0.2, 0) is 12.8 Å². The number of hydrogen-bond acceptors (Lipinski definition) is 4. The fourth-order valence-electron chi connectivity index (χ4n) is 3.97. The molecule has 0 amide bonds. The molecule has 0 bridgehead atoms. The molecule has 27 heavy (non-hydrogen) atoms. The van der Waals surface area contributed by atoms with Crippen LogP contribution < -0.4 is 9.47 Å². The van der Waals surface area contributed by atoms with E-state index in [-0.39, 0.29) is 5.60 Å². The lowest BCUT2D eigenvalue weighted by Gasteiger charge is -2.37. The Morgan fingerprint density at radius 2 is 2.00 bits per heavy atom. The highest BCUT2D eigenvalue weighted by Gasteiger charge is 2.39. The molecule has 1 aliphatic heterocycles. The third kappa shape index (κ3) is 2.70. The predicted octanol–water partition coefficient (Wildman–Crippen LogP) is 3.92. The van der Waals surface area contributed by atoms with Crippen LogP contribution in [0.5, 0.6) is 11.5 Å². The van der Waals surface area contributed by atoms with Crippen LogP contribution in [0, 0.1) is 6.92 Å². The molecule has 136 valence electrons. The van der Waals surface area contributed by atoms with E-state index in [0.717, 1.165) is 53.4 Å². The molecule has 5 nitrogen and oxygen atoms in total. The second-order valence-electron chi connectivity index (χ2n) is 7.31. The maximum Gasteiger partial charge on any atom is 0.133 e. The standard InChI is InChI=1S/C22H21N3O2/c1-15-3-8-21-16(13-15)9-11-22(27-21)12-10-20-19(14-22)23-24-25(20)17-4-6-18(26-2)7-5-17/h3-9,11,13H,10,12,14H2,1-2H3. The van der Waals surface area contributed by atoms with E-state index in [1.807, 2.05) is 28.9 Å². The molecular weight excluding hydrogens is 338 g/mol. The molecular formula is C22H21N3O2. The van der Waals surface area contributed by atoms with Crippen molar-refractivity contribution in [3.63, 3.8) is 0 Å². The Morgan fingerprint density at radius 1 is 1.15 bits per heavy atom. The molecule has 1 unspecified atom stereocenters. The lowest BCUT2D eigenvalue weighted by molar-refractivity contribution is 0.0995. The highest BCUT2D eigenvalue weighted by molar-refractivity contribution is 5.62. The van der Waals surface area contributed by atoms with E-state index in [2.05, 4.69) is 47.6 Å². The molecule has 0 N–H and O–H groups in total. The summed E-state index contributed by atoms with van der Waals surface area (Å²) >= 11 is 0. The van der Waals surface area contributed by atoms with Gasteiger partial charge in [-0.1, -0.05) is 22.9 Å². The molecule has 0 fully saturated rings. The Labute approximate surface area is 158 Å². The average Bonchev–Trinajstić information content (AvgIpc) is 3.11. The van der Waals surface area contributed by atoms with Crippen molar-refractivity contribution in [3.05, 3.63) is 71.1 Å². The number of aromatic nitrogens is 3. The third-order valence-electron chi connectivity index (χ3n) is 5.46. The Kier molecular flexibility index (Phi) is 3.57. The second-order valence-corrected chi connectivity index (χ2v) is 7.31. The number of nitrogens with zero attached hydrogens (tertiary/aromatic N) is 3. The first-order valence-electron chi connectivity index (χ1n) is 9.23. The molecule has 2 heterocycles. The van der Waals surface area contributed by atoms with Crippen molar-refractivity contribution in [2.75, 3.05) is 7.11 Å². The van der Waals surface area contributed by atoms with Crippen molar-refractivity contribution in [2.24, 2.45) is 0 Å². The van der Waals surface area contributed by atoms with Crippen LogP contribution in [0.15, 0.2) is 48.5 Å². The average molecular weight is 359 g/mol. The molecule has 0 saturated carbocycles. The summed E-state index contributed by atoms with van der Waals surface area (Å²) in [6.07, 6.45) is 6.91. The van der Waals surface area contributed by atoms with Gasteiger partial charge in [-0.25, -0.2) is 4.68 Å².